The van der Waals surface area contributed by atoms with Gasteiger partial charge in [-0.2, -0.15) is 13.2 Å². The SMILES string of the molecule is O=C(Cc1ccc(C(F)(F)F)c(Cl)c1)Cc1cccc2nccn12. The molecule has 0 bridgehead atoms. The molecule has 0 radical (unpaired) electrons. The second-order valence-electron chi connectivity index (χ2n) is 5.38. The number of carbonyl (C=O) groups is 1. The number of hydrogen-bond donors (Lipinski definition) is 0. The first-order valence-electron chi connectivity index (χ1n) is 7.13. The molecule has 0 aliphatic heterocycles. The van der Waals surface area contributed by atoms with Crippen LogP contribution in [0.4, 0.5) is 13.2 Å². The molecular weight excluding hydrogens is 341 g/mol. The first kappa shape index (κ1) is 16.5. The maximum Gasteiger partial charge on any atom is 0.417 e. The van der Waals surface area contributed by atoms with Gasteiger partial charge in [0.15, 0.2) is 0 Å². The van der Waals surface area contributed by atoms with E-state index in [9.17, 15) is 18.0 Å². The van der Waals surface area contributed by atoms with Crippen molar-refractivity contribution in [3.63, 3.8) is 0 Å². The van der Waals surface area contributed by atoms with Crippen LogP contribution in [0.1, 0.15) is 16.8 Å². The average Bonchev–Trinajstić information content (AvgIpc) is 2.95. The van der Waals surface area contributed by atoms with Gasteiger partial charge in [0.2, 0.25) is 0 Å². The minimum Gasteiger partial charge on any atom is -0.304 e. The first-order chi connectivity index (χ1) is 11.3. The van der Waals surface area contributed by atoms with E-state index in [1.807, 2.05) is 12.1 Å². The highest BCUT2D eigenvalue weighted by atomic mass is 35.5. The van der Waals surface area contributed by atoms with Crippen molar-refractivity contribution in [2.75, 3.05) is 0 Å². The Morgan fingerprint density at radius 3 is 2.67 bits per heavy atom. The third-order valence-electron chi connectivity index (χ3n) is 3.63. The van der Waals surface area contributed by atoms with Gasteiger partial charge in [-0.1, -0.05) is 23.7 Å². The smallest absolute Gasteiger partial charge is 0.304 e. The Labute approximate surface area is 140 Å². The van der Waals surface area contributed by atoms with Crippen LogP contribution in [0.25, 0.3) is 5.65 Å². The molecule has 0 saturated heterocycles. The topological polar surface area (TPSA) is 34.4 Å². The van der Waals surface area contributed by atoms with E-state index in [0.717, 1.165) is 17.4 Å². The Bertz CT molecular complexity index is 902. The number of carbonyl (C=O) groups excluding carboxylic acids is 1. The predicted octanol–water partition coefficient (Wildman–Crippen LogP) is 4.36. The van der Waals surface area contributed by atoms with E-state index < -0.39 is 16.8 Å². The molecule has 0 atom stereocenters. The number of ketones is 1. The van der Waals surface area contributed by atoms with Gasteiger partial charge in [-0.3, -0.25) is 4.79 Å². The molecule has 1 aromatic carbocycles. The predicted molar refractivity (Wildman–Crippen MR) is 84.1 cm³/mol. The molecule has 0 fully saturated rings. The molecule has 3 aromatic rings. The van der Waals surface area contributed by atoms with Crippen LogP contribution in [0.2, 0.25) is 5.02 Å². The second kappa shape index (κ2) is 6.28. The van der Waals surface area contributed by atoms with Gasteiger partial charge in [0.1, 0.15) is 11.4 Å². The number of imidazole rings is 1. The van der Waals surface area contributed by atoms with Gasteiger partial charge in [-0.05, 0) is 29.8 Å². The summed E-state index contributed by atoms with van der Waals surface area (Å²) in [6, 6.07) is 8.82. The molecule has 7 heteroatoms. The Morgan fingerprint density at radius 1 is 1.17 bits per heavy atom. The number of aromatic nitrogens is 2. The van der Waals surface area contributed by atoms with Crippen LogP contribution < -0.4 is 0 Å². The third kappa shape index (κ3) is 3.43. The van der Waals surface area contributed by atoms with Crippen molar-refractivity contribution in [2.24, 2.45) is 0 Å². The fourth-order valence-electron chi connectivity index (χ4n) is 2.54. The second-order valence-corrected chi connectivity index (χ2v) is 5.78. The summed E-state index contributed by atoms with van der Waals surface area (Å²) < 4.78 is 39.9. The van der Waals surface area contributed by atoms with Gasteiger partial charge < -0.3 is 4.40 Å². The summed E-state index contributed by atoms with van der Waals surface area (Å²) in [4.78, 5) is 16.4. The van der Waals surface area contributed by atoms with Crippen molar-refractivity contribution >= 4 is 23.0 Å². The third-order valence-corrected chi connectivity index (χ3v) is 3.94. The van der Waals surface area contributed by atoms with Crippen LogP contribution in [0.3, 0.4) is 0 Å². The molecule has 124 valence electrons. The summed E-state index contributed by atoms with van der Waals surface area (Å²) >= 11 is 5.68. The molecule has 0 aliphatic carbocycles. The summed E-state index contributed by atoms with van der Waals surface area (Å²) in [7, 11) is 0. The van der Waals surface area contributed by atoms with E-state index in [2.05, 4.69) is 4.98 Å². The number of alkyl halides is 3. The molecule has 0 spiro atoms. The largest absolute Gasteiger partial charge is 0.417 e. The van der Waals surface area contributed by atoms with E-state index in [1.54, 1.807) is 22.9 Å². The highest BCUT2D eigenvalue weighted by Crippen LogP contribution is 2.35. The highest BCUT2D eigenvalue weighted by Gasteiger charge is 2.33. The lowest BCUT2D eigenvalue weighted by atomic mass is 10.0. The van der Waals surface area contributed by atoms with E-state index in [0.29, 0.717) is 5.56 Å². The standard InChI is InChI=1S/C17H12ClF3N2O/c18-15-9-11(4-5-14(15)17(19,20)21)8-13(24)10-12-2-1-3-16-22-6-7-23(12)16/h1-7,9H,8,10H2. The number of pyridine rings is 1. The van der Waals surface area contributed by atoms with Gasteiger partial charge in [-0.25, -0.2) is 4.98 Å². The number of nitrogens with zero attached hydrogens (tertiary/aromatic N) is 2. The van der Waals surface area contributed by atoms with Crippen molar-refractivity contribution in [1.82, 2.24) is 9.38 Å². The van der Waals surface area contributed by atoms with Crippen molar-refractivity contribution < 1.29 is 18.0 Å². The zero-order chi connectivity index (χ0) is 17.3. The van der Waals surface area contributed by atoms with Gasteiger partial charge in [0, 0.05) is 30.9 Å². The maximum absolute atomic E-state index is 12.7. The lowest BCUT2D eigenvalue weighted by Gasteiger charge is -2.10. The van der Waals surface area contributed by atoms with Crippen molar-refractivity contribution in [2.45, 2.75) is 19.0 Å². The van der Waals surface area contributed by atoms with Gasteiger partial charge >= 0.3 is 6.18 Å². The van der Waals surface area contributed by atoms with Crippen LogP contribution in [-0.2, 0) is 23.8 Å². The minimum atomic E-state index is -4.50. The zero-order valence-electron chi connectivity index (χ0n) is 12.3. The Morgan fingerprint density at radius 2 is 1.96 bits per heavy atom. The van der Waals surface area contributed by atoms with Crippen molar-refractivity contribution in [1.29, 1.82) is 0 Å². The number of rotatable bonds is 4. The summed E-state index contributed by atoms with van der Waals surface area (Å²) in [5, 5.41) is -0.399. The molecule has 2 aromatic heterocycles. The fourth-order valence-corrected chi connectivity index (χ4v) is 2.85. The lowest BCUT2D eigenvalue weighted by Crippen LogP contribution is -2.10. The molecule has 0 unspecified atom stereocenters. The molecule has 0 saturated carbocycles. The minimum absolute atomic E-state index is 0.0168. The first-order valence-corrected chi connectivity index (χ1v) is 7.50. The molecule has 0 amide bonds. The molecule has 3 rings (SSSR count). The molecule has 0 aliphatic rings. The van der Waals surface area contributed by atoms with E-state index in [-0.39, 0.29) is 18.6 Å². The van der Waals surface area contributed by atoms with E-state index in [1.165, 1.54) is 12.1 Å². The van der Waals surface area contributed by atoms with Crippen molar-refractivity contribution in [3.05, 3.63) is 70.6 Å². The Hall–Kier alpha value is -2.34. The Balaban J connectivity index is 1.76. The summed E-state index contributed by atoms with van der Waals surface area (Å²) in [5.74, 6) is -0.118. The van der Waals surface area contributed by atoms with Crippen LogP contribution in [0, 0.1) is 0 Å². The monoisotopic (exact) mass is 352 g/mol. The maximum atomic E-state index is 12.7. The summed E-state index contributed by atoms with van der Waals surface area (Å²) in [6.45, 7) is 0. The number of halogens is 4. The zero-order valence-corrected chi connectivity index (χ0v) is 13.1. The normalized spacial score (nSPS) is 11.8. The van der Waals surface area contributed by atoms with Crippen LogP contribution in [-0.4, -0.2) is 15.2 Å². The lowest BCUT2D eigenvalue weighted by molar-refractivity contribution is -0.137. The van der Waals surface area contributed by atoms with Crippen molar-refractivity contribution in [3.8, 4) is 0 Å². The molecule has 0 N–H and O–H groups in total. The molecule has 3 nitrogen and oxygen atoms in total. The number of benzene rings is 1. The van der Waals surface area contributed by atoms with Gasteiger partial charge in [0.25, 0.3) is 0 Å². The van der Waals surface area contributed by atoms with Crippen LogP contribution >= 0.6 is 11.6 Å². The summed E-state index contributed by atoms with van der Waals surface area (Å²) in [5.41, 5.74) is 1.06. The summed E-state index contributed by atoms with van der Waals surface area (Å²) in [6.07, 6.45) is -0.933. The fraction of sp³-hybridized carbons (Fsp3) is 0.176. The number of hydrogen-bond acceptors (Lipinski definition) is 2. The van der Waals surface area contributed by atoms with E-state index in [4.69, 9.17) is 11.6 Å². The van der Waals surface area contributed by atoms with Gasteiger partial charge in [-0.15, -0.1) is 0 Å². The molecular formula is C17H12ClF3N2O. The van der Waals surface area contributed by atoms with Crippen LogP contribution in [0.15, 0.2) is 48.8 Å². The Kier molecular flexibility index (Phi) is 4.32. The highest BCUT2D eigenvalue weighted by molar-refractivity contribution is 6.31. The number of fused-ring (bicyclic) bond motifs is 1. The van der Waals surface area contributed by atoms with E-state index >= 15 is 0 Å². The molecule has 2 heterocycles. The molecule has 24 heavy (non-hydrogen) atoms. The van der Waals surface area contributed by atoms with Crippen LogP contribution in [0.5, 0.6) is 0 Å². The van der Waals surface area contributed by atoms with Gasteiger partial charge in [0.05, 0.1) is 10.6 Å². The average molecular weight is 353 g/mol. The quantitative estimate of drug-likeness (QED) is 0.699. The number of Topliss-reactive ketones (excluding diaryl/α,β-unsaturated/α-hetero) is 1.